The number of carbonyl (C=O) groups excluding carboxylic acids is 1. The lowest BCUT2D eigenvalue weighted by molar-refractivity contribution is -0.116. The SMILES string of the molecule is Cc1ccc([C@H]2C3=C(C[C@H](c4cccs4)CC3=O)Nc3c2c(C)nn3-c2ccccc2C(=O)O)cc1C. The number of aryl methyl sites for hydroxylation is 3. The average Bonchev–Trinajstić information content (AvgIpc) is 3.53. The molecule has 2 aromatic carbocycles. The van der Waals surface area contributed by atoms with Crippen LogP contribution in [0, 0.1) is 20.8 Å². The van der Waals surface area contributed by atoms with Crippen LogP contribution in [-0.4, -0.2) is 26.6 Å². The first-order valence-electron chi connectivity index (χ1n) is 12.4. The topological polar surface area (TPSA) is 84.2 Å². The third kappa shape index (κ3) is 3.81. The first-order valence-corrected chi connectivity index (χ1v) is 13.3. The standard InChI is InChI=1S/C30H27N3O3S/c1-16-10-11-19(13-17(16)2)27-26-18(3)32-33(23-8-5-4-7-21(23)30(35)36)29(26)31-22-14-20(15-24(34)28(22)27)25-9-6-12-37-25/h4-13,20,27,31H,14-15H2,1-3H3,(H,35,36)/t20-,27+/m0/s1. The first kappa shape index (κ1) is 23.4. The number of benzene rings is 2. The number of ketones is 1. The molecule has 1 aliphatic heterocycles. The van der Waals surface area contributed by atoms with Crippen LogP contribution in [0.2, 0.25) is 0 Å². The molecule has 6 rings (SSSR count). The molecule has 37 heavy (non-hydrogen) atoms. The highest BCUT2D eigenvalue weighted by Crippen LogP contribution is 2.50. The number of nitrogens with one attached hydrogen (secondary N) is 1. The molecule has 1 aliphatic carbocycles. The molecule has 0 saturated carbocycles. The highest BCUT2D eigenvalue weighted by molar-refractivity contribution is 7.10. The highest BCUT2D eigenvalue weighted by atomic mass is 32.1. The molecule has 0 unspecified atom stereocenters. The maximum atomic E-state index is 13.8. The molecule has 6 nitrogen and oxygen atoms in total. The molecule has 0 spiro atoms. The second kappa shape index (κ2) is 8.85. The molecule has 0 saturated heterocycles. The van der Waals surface area contributed by atoms with Gasteiger partial charge in [-0.1, -0.05) is 36.4 Å². The maximum absolute atomic E-state index is 13.8. The zero-order valence-electron chi connectivity index (χ0n) is 20.9. The van der Waals surface area contributed by atoms with E-state index in [0.29, 0.717) is 18.5 Å². The number of aromatic nitrogens is 2. The van der Waals surface area contributed by atoms with Crippen molar-refractivity contribution in [3.63, 3.8) is 0 Å². The summed E-state index contributed by atoms with van der Waals surface area (Å²) in [5.74, 6) is -0.283. The van der Waals surface area contributed by atoms with Crippen LogP contribution in [0.15, 0.2) is 71.2 Å². The number of rotatable bonds is 4. The predicted molar refractivity (Wildman–Crippen MR) is 145 cm³/mol. The van der Waals surface area contributed by atoms with Crippen LogP contribution in [0.25, 0.3) is 5.69 Å². The van der Waals surface area contributed by atoms with E-state index in [1.807, 2.05) is 19.1 Å². The molecular weight excluding hydrogens is 482 g/mol. The molecule has 0 bridgehead atoms. The Bertz CT molecular complexity index is 1600. The maximum Gasteiger partial charge on any atom is 0.337 e. The van der Waals surface area contributed by atoms with Gasteiger partial charge in [0.1, 0.15) is 5.82 Å². The number of nitrogens with zero attached hydrogens (tertiary/aromatic N) is 2. The van der Waals surface area contributed by atoms with E-state index in [1.165, 1.54) is 16.0 Å². The number of hydrogen-bond acceptors (Lipinski definition) is 5. The number of thiophene rings is 1. The van der Waals surface area contributed by atoms with Gasteiger partial charge < -0.3 is 10.4 Å². The summed E-state index contributed by atoms with van der Waals surface area (Å²) in [6.07, 6.45) is 1.19. The monoisotopic (exact) mass is 509 g/mol. The summed E-state index contributed by atoms with van der Waals surface area (Å²) in [5.41, 5.74) is 7.48. The van der Waals surface area contributed by atoms with Crippen LogP contribution in [0.1, 0.15) is 67.9 Å². The zero-order chi connectivity index (χ0) is 25.8. The minimum absolute atomic E-state index is 0.115. The predicted octanol–water partition coefficient (Wildman–Crippen LogP) is 6.52. The van der Waals surface area contributed by atoms with Crippen LogP contribution in [0.3, 0.4) is 0 Å². The highest BCUT2D eigenvalue weighted by Gasteiger charge is 2.41. The van der Waals surface area contributed by atoms with E-state index in [9.17, 15) is 14.7 Å². The van der Waals surface area contributed by atoms with Crippen molar-refractivity contribution in [2.24, 2.45) is 0 Å². The van der Waals surface area contributed by atoms with Crippen molar-refractivity contribution in [3.05, 3.63) is 110 Å². The van der Waals surface area contributed by atoms with E-state index in [4.69, 9.17) is 5.10 Å². The Morgan fingerprint density at radius 2 is 1.86 bits per heavy atom. The van der Waals surface area contributed by atoms with Gasteiger partial charge in [-0.2, -0.15) is 5.10 Å². The Morgan fingerprint density at radius 1 is 1.05 bits per heavy atom. The Morgan fingerprint density at radius 3 is 2.59 bits per heavy atom. The van der Waals surface area contributed by atoms with Crippen LogP contribution < -0.4 is 5.32 Å². The summed E-state index contributed by atoms with van der Waals surface area (Å²) in [7, 11) is 0. The van der Waals surface area contributed by atoms with Crippen molar-refractivity contribution < 1.29 is 14.7 Å². The van der Waals surface area contributed by atoms with Crippen molar-refractivity contribution in [3.8, 4) is 5.69 Å². The molecule has 2 N–H and O–H groups in total. The molecule has 3 heterocycles. The minimum Gasteiger partial charge on any atom is -0.478 e. The van der Waals surface area contributed by atoms with Gasteiger partial charge >= 0.3 is 5.97 Å². The summed E-state index contributed by atoms with van der Waals surface area (Å²) < 4.78 is 1.70. The molecule has 4 aromatic rings. The fourth-order valence-electron chi connectivity index (χ4n) is 5.69. The van der Waals surface area contributed by atoms with Crippen LogP contribution in [0.4, 0.5) is 5.82 Å². The van der Waals surface area contributed by atoms with Crippen molar-refractivity contribution >= 4 is 28.9 Å². The molecule has 2 aromatic heterocycles. The van der Waals surface area contributed by atoms with Gasteiger partial charge in [-0.05, 0) is 67.5 Å². The smallest absolute Gasteiger partial charge is 0.337 e. The summed E-state index contributed by atoms with van der Waals surface area (Å²) in [5, 5.41) is 20.3. The van der Waals surface area contributed by atoms with Gasteiger partial charge in [0.15, 0.2) is 5.78 Å². The molecule has 2 aliphatic rings. The lowest BCUT2D eigenvalue weighted by atomic mass is 9.73. The minimum atomic E-state index is -1.01. The molecule has 7 heteroatoms. The summed E-state index contributed by atoms with van der Waals surface area (Å²) in [4.78, 5) is 27.1. The third-order valence-corrected chi connectivity index (χ3v) is 8.67. The first-order chi connectivity index (χ1) is 17.8. The Kier molecular flexibility index (Phi) is 5.60. The van der Waals surface area contributed by atoms with Crippen LogP contribution in [-0.2, 0) is 4.79 Å². The molecule has 186 valence electrons. The van der Waals surface area contributed by atoms with Gasteiger partial charge in [0, 0.05) is 40.0 Å². The molecule has 0 amide bonds. The number of anilines is 1. The lowest BCUT2D eigenvalue weighted by Gasteiger charge is -2.35. The van der Waals surface area contributed by atoms with Crippen LogP contribution in [0.5, 0.6) is 0 Å². The van der Waals surface area contributed by atoms with Crippen molar-refractivity contribution in [1.29, 1.82) is 0 Å². The number of aromatic carboxylic acids is 1. The number of para-hydroxylation sites is 1. The molecular formula is C30H27N3O3S. The van der Waals surface area contributed by atoms with E-state index >= 15 is 0 Å². The molecule has 0 radical (unpaired) electrons. The summed E-state index contributed by atoms with van der Waals surface area (Å²) >= 11 is 1.68. The van der Waals surface area contributed by atoms with Gasteiger partial charge in [-0.25, -0.2) is 9.48 Å². The van der Waals surface area contributed by atoms with Gasteiger partial charge in [0.2, 0.25) is 0 Å². The zero-order valence-corrected chi connectivity index (χ0v) is 21.7. The Hall–Kier alpha value is -3.97. The number of carboxylic acids is 1. The normalized spacial score (nSPS) is 18.8. The van der Waals surface area contributed by atoms with Crippen LogP contribution >= 0.6 is 11.3 Å². The number of carboxylic acid groups (broad SMARTS) is 1. The molecule has 2 atom stereocenters. The number of fused-ring (bicyclic) bond motifs is 1. The largest absolute Gasteiger partial charge is 0.478 e. The average molecular weight is 510 g/mol. The Balaban J connectivity index is 1.58. The third-order valence-electron chi connectivity index (χ3n) is 7.63. The number of allylic oxidation sites excluding steroid dienone is 2. The summed E-state index contributed by atoms with van der Waals surface area (Å²) in [6.45, 7) is 6.11. The van der Waals surface area contributed by atoms with Crippen molar-refractivity contribution in [2.75, 3.05) is 5.32 Å². The van der Waals surface area contributed by atoms with Gasteiger partial charge in [0.05, 0.1) is 16.9 Å². The quantitative estimate of drug-likeness (QED) is 0.327. The van der Waals surface area contributed by atoms with Crippen molar-refractivity contribution in [2.45, 2.75) is 45.4 Å². The van der Waals surface area contributed by atoms with E-state index < -0.39 is 5.97 Å². The fraction of sp³-hybridized carbons (Fsp3) is 0.233. The molecule has 0 fully saturated rings. The number of carbonyl (C=O) groups is 2. The fourth-order valence-corrected chi connectivity index (χ4v) is 6.52. The van der Waals surface area contributed by atoms with E-state index in [0.717, 1.165) is 33.9 Å². The number of hydrogen-bond donors (Lipinski definition) is 2. The van der Waals surface area contributed by atoms with Crippen molar-refractivity contribution in [1.82, 2.24) is 9.78 Å². The van der Waals surface area contributed by atoms with Gasteiger partial charge in [0.25, 0.3) is 0 Å². The second-order valence-electron chi connectivity index (χ2n) is 9.92. The van der Waals surface area contributed by atoms with Gasteiger partial charge in [-0.3, -0.25) is 4.79 Å². The number of Topliss-reactive ketones (excluding diaryl/α,β-unsaturated/α-hetero) is 1. The summed E-state index contributed by atoms with van der Waals surface area (Å²) in [6, 6.07) is 17.4. The Labute approximate surface area is 219 Å². The second-order valence-corrected chi connectivity index (χ2v) is 10.9. The lowest BCUT2D eigenvalue weighted by Crippen LogP contribution is -2.30. The van der Waals surface area contributed by atoms with Gasteiger partial charge in [-0.15, -0.1) is 11.3 Å². The van der Waals surface area contributed by atoms with E-state index in [1.54, 1.807) is 34.2 Å². The van der Waals surface area contributed by atoms with E-state index in [2.05, 4.69) is 48.8 Å². The van der Waals surface area contributed by atoms with E-state index in [-0.39, 0.29) is 23.2 Å².